The Morgan fingerprint density at radius 3 is 2.32 bits per heavy atom. The predicted molar refractivity (Wildman–Crippen MR) is 81.3 cm³/mol. The molecule has 0 radical (unpaired) electrons. The summed E-state index contributed by atoms with van der Waals surface area (Å²) in [6.07, 6.45) is 0. The van der Waals surface area contributed by atoms with Crippen LogP contribution >= 0.6 is 0 Å². The van der Waals surface area contributed by atoms with E-state index in [2.05, 4.69) is 25.2 Å². The van der Waals surface area contributed by atoms with Crippen molar-refractivity contribution in [1.82, 2.24) is 0 Å². The first kappa shape index (κ1) is 15.7. The van der Waals surface area contributed by atoms with Gasteiger partial charge in [0.15, 0.2) is 0 Å². The minimum absolute atomic E-state index is 0.122. The van der Waals surface area contributed by atoms with Gasteiger partial charge in [-0.25, -0.2) is 0 Å². The maximum Gasteiger partial charge on any atom is 0.241 e. The number of hydrogen-bond acceptors (Lipinski definition) is 2. The third-order valence-electron chi connectivity index (χ3n) is 3.39. The Hall–Kier alpha value is -1.35. The van der Waals surface area contributed by atoms with Crippen LogP contribution in [0.15, 0.2) is 18.2 Å². The molecule has 0 saturated carbocycles. The number of aryl methyl sites for hydroxylation is 1. The molecule has 0 unspecified atom stereocenters. The van der Waals surface area contributed by atoms with E-state index in [1.165, 1.54) is 0 Å². The lowest BCUT2D eigenvalue weighted by molar-refractivity contribution is -0.119. The van der Waals surface area contributed by atoms with E-state index in [1.807, 2.05) is 39.8 Å². The minimum atomic E-state index is -0.521. The number of carbonyl (C=O) groups excluding carboxylic acids is 1. The summed E-state index contributed by atoms with van der Waals surface area (Å²) in [7, 11) is 0. The summed E-state index contributed by atoms with van der Waals surface area (Å²) in [5.74, 6) is 0.241. The second kappa shape index (κ2) is 5.74. The van der Waals surface area contributed by atoms with E-state index in [9.17, 15) is 4.79 Å². The molecule has 0 aromatic heterocycles. The fraction of sp³-hybridized carbons (Fsp3) is 0.562. The average Bonchev–Trinajstić information content (AvgIpc) is 2.29. The molecule has 0 spiro atoms. The van der Waals surface area contributed by atoms with Gasteiger partial charge in [0.05, 0.1) is 6.04 Å². The van der Waals surface area contributed by atoms with E-state index < -0.39 is 6.04 Å². The molecule has 0 heterocycles. The molecular formula is C16H26N2O. The zero-order valence-corrected chi connectivity index (χ0v) is 12.9. The topological polar surface area (TPSA) is 55.1 Å². The molecule has 0 fully saturated rings. The Labute approximate surface area is 116 Å². The normalized spacial score (nSPS) is 13.5. The number of para-hydroxylation sites is 1. The Kier molecular flexibility index (Phi) is 4.75. The molecule has 0 aliphatic carbocycles. The molecule has 1 amide bonds. The van der Waals surface area contributed by atoms with Crippen LogP contribution in [0.1, 0.15) is 51.7 Å². The molecule has 0 aliphatic heterocycles. The fourth-order valence-corrected chi connectivity index (χ4v) is 1.94. The maximum atomic E-state index is 12.3. The lowest BCUT2D eigenvalue weighted by Crippen LogP contribution is -2.45. The Bertz CT molecular complexity index is 458. The van der Waals surface area contributed by atoms with Crippen LogP contribution < -0.4 is 11.1 Å². The van der Waals surface area contributed by atoms with E-state index in [0.29, 0.717) is 5.92 Å². The van der Waals surface area contributed by atoms with Crippen LogP contribution in [0, 0.1) is 12.3 Å². The average molecular weight is 262 g/mol. The zero-order valence-electron chi connectivity index (χ0n) is 12.9. The van der Waals surface area contributed by atoms with Gasteiger partial charge in [-0.15, -0.1) is 0 Å². The molecule has 1 atom stereocenters. The van der Waals surface area contributed by atoms with E-state index >= 15 is 0 Å². The van der Waals surface area contributed by atoms with Crippen LogP contribution in [0.25, 0.3) is 0 Å². The highest BCUT2D eigenvalue weighted by Crippen LogP contribution is 2.28. The van der Waals surface area contributed by atoms with E-state index in [0.717, 1.165) is 16.8 Å². The highest BCUT2D eigenvalue weighted by atomic mass is 16.2. The predicted octanol–water partition coefficient (Wildman–Crippen LogP) is 3.43. The monoisotopic (exact) mass is 262 g/mol. The zero-order chi connectivity index (χ0) is 14.8. The first-order valence-corrected chi connectivity index (χ1v) is 6.80. The van der Waals surface area contributed by atoms with Crippen molar-refractivity contribution in [2.45, 2.75) is 53.5 Å². The molecule has 3 nitrogen and oxygen atoms in total. The summed E-state index contributed by atoms with van der Waals surface area (Å²) < 4.78 is 0. The summed E-state index contributed by atoms with van der Waals surface area (Å²) in [5, 5.41) is 3.00. The molecule has 0 aliphatic rings. The van der Waals surface area contributed by atoms with Gasteiger partial charge in [-0.2, -0.15) is 0 Å². The van der Waals surface area contributed by atoms with Crippen LogP contribution in [-0.2, 0) is 4.79 Å². The van der Waals surface area contributed by atoms with Gasteiger partial charge < -0.3 is 11.1 Å². The third kappa shape index (κ3) is 3.80. The lowest BCUT2D eigenvalue weighted by atomic mass is 9.86. The number of nitrogens with two attached hydrogens (primary N) is 1. The second-order valence-electron chi connectivity index (χ2n) is 6.53. The van der Waals surface area contributed by atoms with Gasteiger partial charge >= 0.3 is 0 Å². The summed E-state index contributed by atoms with van der Waals surface area (Å²) in [4.78, 5) is 12.3. The van der Waals surface area contributed by atoms with Crippen LogP contribution in [0.3, 0.4) is 0 Å². The Balaban J connectivity index is 3.03. The Morgan fingerprint density at radius 2 is 1.84 bits per heavy atom. The number of hydrogen-bond donors (Lipinski definition) is 2. The van der Waals surface area contributed by atoms with Gasteiger partial charge in [-0.3, -0.25) is 4.79 Å². The molecular weight excluding hydrogens is 236 g/mol. The molecule has 0 saturated heterocycles. The number of benzene rings is 1. The fourth-order valence-electron chi connectivity index (χ4n) is 1.94. The van der Waals surface area contributed by atoms with Gasteiger partial charge in [0.1, 0.15) is 0 Å². The molecule has 3 N–H and O–H groups in total. The number of carbonyl (C=O) groups is 1. The van der Waals surface area contributed by atoms with Crippen LogP contribution in [0.5, 0.6) is 0 Å². The summed E-state index contributed by atoms with van der Waals surface area (Å²) in [6, 6.07) is 5.55. The first-order valence-electron chi connectivity index (χ1n) is 6.80. The minimum Gasteiger partial charge on any atom is -0.324 e. The molecule has 1 rings (SSSR count). The van der Waals surface area contributed by atoms with Crippen LogP contribution in [0.2, 0.25) is 0 Å². The molecule has 19 heavy (non-hydrogen) atoms. The van der Waals surface area contributed by atoms with Crippen molar-refractivity contribution >= 4 is 11.6 Å². The van der Waals surface area contributed by atoms with Crippen molar-refractivity contribution in [1.29, 1.82) is 0 Å². The van der Waals surface area contributed by atoms with Crippen molar-refractivity contribution < 1.29 is 4.79 Å². The number of amides is 1. The first-order chi connectivity index (χ1) is 8.64. The summed E-state index contributed by atoms with van der Waals surface area (Å²) >= 11 is 0. The van der Waals surface area contributed by atoms with Crippen molar-refractivity contribution in [2.24, 2.45) is 11.1 Å². The van der Waals surface area contributed by atoms with Gasteiger partial charge in [-0.05, 0) is 29.4 Å². The van der Waals surface area contributed by atoms with Gasteiger partial charge in [0.2, 0.25) is 5.91 Å². The van der Waals surface area contributed by atoms with E-state index in [-0.39, 0.29) is 11.3 Å². The standard InChI is InChI=1S/C16H26N2O/c1-10(2)12-9-7-8-11(3)13(12)18-15(19)14(17)16(4,5)6/h7-10,14H,17H2,1-6H3,(H,18,19)/t14-/m1/s1. The lowest BCUT2D eigenvalue weighted by Gasteiger charge is -2.27. The number of nitrogens with one attached hydrogen (secondary N) is 1. The highest BCUT2D eigenvalue weighted by Gasteiger charge is 2.28. The molecule has 1 aromatic rings. The van der Waals surface area contributed by atoms with Crippen molar-refractivity contribution in [3.05, 3.63) is 29.3 Å². The number of rotatable bonds is 3. The SMILES string of the molecule is Cc1cccc(C(C)C)c1NC(=O)[C@@H](N)C(C)(C)C. The van der Waals surface area contributed by atoms with E-state index in [4.69, 9.17) is 5.73 Å². The second-order valence-corrected chi connectivity index (χ2v) is 6.53. The van der Waals surface area contributed by atoms with Crippen molar-refractivity contribution in [2.75, 3.05) is 5.32 Å². The molecule has 1 aromatic carbocycles. The molecule has 0 bridgehead atoms. The quantitative estimate of drug-likeness (QED) is 0.876. The van der Waals surface area contributed by atoms with Crippen molar-refractivity contribution in [3.8, 4) is 0 Å². The molecule has 106 valence electrons. The largest absolute Gasteiger partial charge is 0.324 e. The summed E-state index contributed by atoms with van der Waals surface area (Å²) in [6.45, 7) is 12.2. The van der Waals surface area contributed by atoms with Crippen LogP contribution in [-0.4, -0.2) is 11.9 Å². The third-order valence-corrected chi connectivity index (χ3v) is 3.39. The maximum absolute atomic E-state index is 12.3. The van der Waals surface area contributed by atoms with Gasteiger partial charge in [0, 0.05) is 5.69 Å². The van der Waals surface area contributed by atoms with E-state index in [1.54, 1.807) is 0 Å². The van der Waals surface area contributed by atoms with Crippen LogP contribution in [0.4, 0.5) is 5.69 Å². The van der Waals surface area contributed by atoms with Gasteiger partial charge in [0.25, 0.3) is 0 Å². The number of anilines is 1. The highest BCUT2D eigenvalue weighted by molar-refractivity contribution is 5.96. The smallest absolute Gasteiger partial charge is 0.241 e. The Morgan fingerprint density at radius 1 is 1.26 bits per heavy atom. The molecule has 3 heteroatoms. The van der Waals surface area contributed by atoms with Gasteiger partial charge in [-0.1, -0.05) is 52.8 Å². The van der Waals surface area contributed by atoms with Crippen molar-refractivity contribution in [3.63, 3.8) is 0 Å². The summed E-state index contributed by atoms with van der Waals surface area (Å²) in [5.41, 5.74) is 8.88.